The number of amides is 1. The number of carbonyl (C=O) groups is 1. The molecule has 0 aliphatic carbocycles. The maximum Gasteiger partial charge on any atom is 0.239 e. The number of nitrogens with one attached hydrogen (secondary N) is 2. The summed E-state index contributed by atoms with van der Waals surface area (Å²) < 4.78 is 6.30. The Kier molecular flexibility index (Phi) is 7.29. The molecule has 0 atom stereocenters. The lowest BCUT2D eigenvalue weighted by Gasteiger charge is -2.11. The molecule has 0 heterocycles. The molecule has 2 aromatic carbocycles. The number of methoxy groups -OCH3 is 1. The average Bonchev–Trinajstić information content (AvgIpc) is 2.58. The molecule has 0 aromatic heterocycles. The molecule has 0 saturated heterocycles. The van der Waals surface area contributed by atoms with Crippen LogP contribution in [0.5, 0.6) is 5.75 Å². The normalized spacial score (nSPS) is 10.2. The van der Waals surface area contributed by atoms with E-state index in [1.165, 1.54) is 4.90 Å². The van der Waals surface area contributed by atoms with E-state index < -0.39 is 0 Å². The molecule has 0 unspecified atom stereocenters. The highest BCUT2D eigenvalue weighted by atomic mass is 79.9. The number of thioether (sulfide) groups is 1. The average molecular weight is 395 g/mol. The molecule has 0 aliphatic heterocycles. The molecule has 23 heavy (non-hydrogen) atoms. The van der Waals surface area contributed by atoms with Crippen molar-refractivity contribution in [3.05, 3.63) is 53.0 Å². The van der Waals surface area contributed by atoms with Crippen molar-refractivity contribution in [2.45, 2.75) is 4.90 Å². The van der Waals surface area contributed by atoms with Crippen molar-refractivity contribution in [1.29, 1.82) is 0 Å². The Labute approximate surface area is 149 Å². The van der Waals surface area contributed by atoms with Crippen LogP contribution < -0.4 is 15.4 Å². The van der Waals surface area contributed by atoms with Crippen LogP contribution in [-0.2, 0) is 4.79 Å². The molecule has 0 fully saturated rings. The van der Waals surface area contributed by atoms with Crippen LogP contribution in [0.3, 0.4) is 0 Å². The zero-order valence-corrected chi connectivity index (χ0v) is 15.2. The molecule has 0 spiro atoms. The summed E-state index contributed by atoms with van der Waals surface area (Å²) in [4.78, 5) is 13.0. The van der Waals surface area contributed by atoms with Crippen molar-refractivity contribution < 1.29 is 9.53 Å². The number of benzene rings is 2. The van der Waals surface area contributed by atoms with Crippen LogP contribution >= 0.6 is 27.7 Å². The van der Waals surface area contributed by atoms with E-state index in [1.54, 1.807) is 18.9 Å². The van der Waals surface area contributed by atoms with Gasteiger partial charge in [0, 0.05) is 21.7 Å². The highest BCUT2D eigenvalue weighted by molar-refractivity contribution is 9.10. The second-order valence-electron chi connectivity index (χ2n) is 4.71. The van der Waals surface area contributed by atoms with E-state index in [4.69, 9.17) is 4.74 Å². The first kappa shape index (κ1) is 17.7. The Hall–Kier alpha value is -1.66. The predicted octanol–water partition coefficient (Wildman–Crippen LogP) is 3.78. The Morgan fingerprint density at radius 3 is 2.65 bits per heavy atom. The van der Waals surface area contributed by atoms with E-state index in [9.17, 15) is 4.79 Å². The Balaban J connectivity index is 1.66. The van der Waals surface area contributed by atoms with Crippen LogP contribution in [0.15, 0.2) is 57.9 Å². The molecule has 2 aromatic rings. The van der Waals surface area contributed by atoms with Crippen LogP contribution in [0, 0.1) is 0 Å². The van der Waals surface area contributed by atoms with Crippen molar-refractivity contribution in [3.8, 4) is 5.75 Å². The van der Waals surface area contributed by atoms with Crippen molar-refractivity contribution in [3.63, 3.8) is 0 Å². The van der Waals surface area contributed by atoms with Gasteiger partial charge in [0.2, 0.25) is 5.91 Å². The van der Waals surface area contributed by atoms with Crippen LogP contribution in [0.1, 0.15) is 0 Å². The van der Waals surface area contributed by atoms with Gasteiger partial charge in [0.1, 0.15) is 5.75 Å². The first-order valence-corrected chi connectivity index (χ1v) is 8.99. The molecule has 0 radical (unpaired) electrons. The molecule has 1 amide bonds. The summed E-state index contributed by atoms with van der Waals surface area (Å²) in [6.07, 6.45) is 0. The molecule has 0 saturated carbocycles. The van der Waals surface area contributed by atoms with Crippen LogP contribution in [0.2, 0.25) is 0 Å². The van der Waals surface area contributed by atoms with E-state index in [-0.39, 0.29) is 12.5 Å². The van der Waals surface area contributed by atoms with Gasteiger partial charge in [-0.3, -0.25) is 4.79 Å². The summed E-state index contributed by atoms with van der Waals surface area (Å²) >= 11 is 5.13. The largest absolute Gasteiger partial charge is 0.495 e. The minimum absolute atomic E-state index is 0.0349. The zero-order chi connectivity index (χ0) is 16.5. The fourth-order valence-corrected chi connectivity index (χ4v) is 2.95. The quantitative estimate of drug-likeness (QED) is 0.528. The van der Waals surface area contributed by atoms with Crippen molar-refractivity contribution in [2.24, 2.45) is 0 Å². The summed E-state index contributed by atoms with van der Waals surface area (Å²) in [6, 6.07) is 15.7. The second-order valence-corrected chi connectivity index (χ2v) is 6.79. The first-order chi connectivity index (χ1) is 11.2. The topological polar surface area (TPSA) is 50.4 Å². The fourth-order valence-electron chi connectivity index (χ4n) is 1.92. The van der Waals surface area contributed by atoms with Gasteiger partial charge < -0.3 is 15.4 Å². The van der Waals surface area contributed by atoms with Crippen molar-refractivity contribution in [1.82, 2.24) is 5.32 Å². The monoisotopic (exact) mass is 394 g/mol. The number of carbonyl (C=O) groups excluding carboxylic acids is 1. The molecule has 122 valence electrons. The minimum Gasteiger partial charge on any atom is -0.495 e. The summed E-state index contributed by atoms with van der Waals surface area (Å²) in [6.45, 7) is 0.858. The van der Waals surface area contributed by atoms with Crippen molar-refractivity contribution >= 4 is 39.3 Å². The fraction of sp³-hybridized carbons (Fsp3) is 0.235. The van der Waals surface area contributed by atoms with E-state index in [2.05, 4.69) is 38.7 Å². The summed E-state index contributed by atoms with van der Waals surface area (Å²) in [5.41, 5.74) is 0.814. The first-order valence-electron chi connectivity index (χ1n) is 7.21. The molecule has 0 bridgehead atoms. The smallest absolute Gasteiger partial charge is 0.239 e. The number of halogens is 1. The third-order valence-electron chi connectivity index (χ3n) is 3.05. The van der Waals surface area contributed by atoms with E-state index in [0.29, 0.717) is 6.54 Å². The number of anilines is 1. The number of rotatable bonds is 8. The molecule has 4 nitrogen and oxygen atoms in total. The Bertz CT molecular complexity index is 635. The van der Waals surface area contributed by atoms with Crippen LogP contribution in [0.4, 0.5) is 5.69 Å². The molecule has 6 heteroatoms. The van der Waals surface area contributed by atoms with E-state index in [1.807, 2.05) is 36.4 Å². The van der Waals surface area contributed by atoms with Crippen molar-refractivity contribution in [2.75, 3.05) is 31.3 Å². The lowest BCUT2D eigenvalue weighted by atomic mass is 10.3. The van der Waals surface area contributed by atoms with Gasteiger partial charge in [0.25, 0.3) is 0 Å². The molecular weight excluding hydrogens is 376 g/mol. The summed E-state index contributed by atoms with van der Waals surface area (Å²) in [5, 5.41) is 5.98. The molecular formula is C17H19BrN2O2S. The number of ether oxygens (including phenoxy) is 1. The molecule has 2 rings (SSSR count). The highest BCUT2D eigenvalue weighted by Gasteiger charge is 2.04. The van der Waals surface area contributed by atoms with E-state index >= 15 is 0 Å². The van der Waals surface area contributed by atoms with Crippen LogP contribution in [0.25, 0.3) is 0 Å². The third-order valence-corrected chi connectivity index (χ3v) is 4.60. The SMILES string of the molecule is COc1ccccc1NCC(=O)NCCSc1ccc(Br)cc1. The van der Waals surface area contributed by atoms with Crippen LogP contribution in [-0.4, -0.2) is 31.9 Å². The standard InChI is InChI=1S/C17H19BrN2O2S/c1-22-16-5-3-2-4-15(16)20-12-17(21)19-10-11-23-14-8-6-13(18)7-9-14/h2-9,20H,10-12H2,1H3,(H,19,21). The summed E-state index contributed by atoms with van der Waals surface area (Å²) in [7, 11) is 1.61. The number of hydrogen-bond acceptors (Lipinski definition) is 4. The second kappa shape index (κ2) is 9.47. The Morgan fingerprint density at radius 2 is 1.91 bits per heavy atom. The van der Waals surface area contributed by atoms with Gasteiger partial charge in [-0.25, -0.2) is 0 Å². The van der Waals surface area contributed by atoms with Gasteiger partial charge in [-0.05, 0) is 36.4 Å². The predicted molar refractivity (Wildman–Crippen MR) is 99.4 cm³/mol. The van der Waals surface area contributed by atoms with E-state index in [0.717, 1.165) is 21.7 Å². The molecule has 0 aliphatic rings. The maximum absolute atomic E-state index is 11.8. The molecule has 2 N–H and O–H groups in total. The lowest BCUT2D eigenvalue weighted by Crippen LogP contribution is -2.31. The number of hydrogen-bond donors (Lipinski definition) is 2. The van der Waals surface area contributed by atoms with Gasteiger partial charge >= 0.3 is 0 Å². The third kappa shape index (κ3) is 6.15. The lowest BCUT2D eigenvalue weighted by molar-refractivity contribution is -0.119. The summed E-state index contributed by atoms with van der Waals surface area (Å²) in [5.74, 6) is 1.53. The zero-order valence-electron chi connectivity index (χ0n) is 12.8. The van der Waals surface area contributed by atoms with Gasteiger partial charge in [0.05, 0.1) is 19.3 Å². The van der Waals surface area contributed by atoms with Gasteiger partial charge in [-0.15, -0.1) is 11.8 Å². The highest BCUT2D eigenvalue weighted by Crippen LogP contribution is 2.22. The Morgan fingerprint density at radius 1 is 1.17 bits per heavy atom. The minimum atomic E-state index is -0.0349. The van der Waals surface area contributed by atoms with Gasteiger partial charge in [-0.1, -0.05) is 28.1 Å². The number of para-hydroxylation sites is 2. The van der Waals surface area contributed by atoms with Gasteiger partial charge in [-0.2, -0.15) is 0 Å². The maximum atomic E-state index is 11.8. The van der Waals surface area contributed by atoms with Gasteiger partial charge in [0.15, 0.2) is 0 Å².